The molecule has 3 nitrogen and oxygen atoms in total. The highest BCUT2D eigenvalue weighted by molar-refractivity contribution is 14.0. The molecule has 0 bridgehead atoms. The van der Waals surface area contributed by atoms with Crippen LogP contribution >= 0.6 is 35.7 Å². The molecule has 1 aromatic rings. The molecule has 124 valence electrons. The van der Waals surface area contributed by atoms with Crippen LogP contribution in [0.3, 0.4) is 0 Å². The molecule has 22 heavy (non-hydrogen) atoms. The van der Waals surface area contributed by atoms with Crippen LogP contribution in [-0.2, 0) is 6.42 Å². The predicted octanol–water partition coefficient (Wildman–Crippen LogP) is 3.56. The third-order valence-corrected chi connectivity index (χ3v) is 5.42. The van der Waals surface area contributed by atoms with Gasteiger partial charge in [0.15, 0.2) is 5.96 Å². The van der Waals surface area contributed by atoms with Crippen LogP contribution < -0.4 is 5.32 Å². The fourth-order valence-corrected chi connectivity index (χ4v) is 3.87. The van der Waals surface area contributed by atoms with Gasteiger partial charge in [-0.2, -0.15) is 11.8 Å². The first-order chi connectivity index (χ1) is 10.2. The smallest absolute Gasteiger partial charge is 0.193 e. The first kappa shape index (κ1) is 19.6. The van der Waals surface area contributed by atoms with Crippen LogP contribution in [0.4, 0.5) is 0 Å². The minimum Gasteiger partial charge on any atom is -0.356 e. The molecule has 0 aromatic heterocycles. The van der Waals surface area contributed by atoms with Gasteiger partial charge in [-0.15, -0.1) is 24.0 Å². The Kier molecular flexibility index (Phi) is 9.24. The van der Waals surface area contributed by atoms with Crippen molar-refractivity contribution in [3.63, 3.8) is 0 Å². The molecule has 0 radical (unpaired) electrons. The number of aliphatic imine (C=N–C) groups is 1. The zero-order chi connectivity index (χ0) is 15.1. The van der Waals surface area contributed by atoms with Gasteiger partial charge in [-0.25, -0.2) is 0 Å². The number of rotatable bonds is 4. The second-order valence-corrected chi connectivity index (χ2v) is 6.91. The van der Waals surface area contributed by atoms with Crippen molar-refractivity contribution >= 4 is 41.7 Å². The summed E-state index contributed by atoms with van der Waals surface area (Å²) in [7, 11) is 1.89. The Balaban J connectivity index is 0.00000242. The highest BCUT2D eigenvalue weighted by atomic mass is 127. The third kappa shape index (κ3) is 5.65. The molecule has 0 amide bonds. The molecule has 1 heterocycles. The van der Waals surface area contributed by atoms with Crippen LogP contribution in [0, 0.1) is 6.92 Å². The number of hydrogen-bond acceptors (Lipinski definition) is 2. The first-order valence-corrected chi connectivity index (χ1v) is 8.91. The molecular formula is C17H28IN3S. The fraction of sp³-hybridized carbons (Fsp3) is 0.588. The number of nitrogens with one attached hydrogen (secondary N) is 1. The van der Waals surface area contributed by atoms with Gasteiger partial charge < -0.3 is 10.2 Å². The summed E-state index contributed by atoms with van der Waals surface area (Å²) in [5, 5.41) is 4.27. The highest BCUT2D eigenvalue weighted by Crippen LogP contribution is 2.21. The van der Waals surface area contributed by atoms with Crippen molar-refractivity contribution in [3.8, 4) is 0 Å². The number of thioether (sulfide) groups is 1. The number of hydrogen-bond donors (Lipinski definition) is 1. The Labute approximate surface area is 156 Å². The number of aryl methyl sites for hydroxylation is 1. The summed E-state index contributed by atoms with van der Waals surface area (Å²) in [6.07, 6.45) is 2.28. The van der Waals surface area contributed by atoms with E-state index in [9.17, 15) is 0 Å². The summed E-state index contributed by atoms with van der Waals surface area (Å²) in [5.41, 5.74) is 2.79. The molecule has 1 atom stereocenters. The van der Waals surface area contributed by atoms with E-state index in [1.165, 1.54) is 23.3 Å². The third-order valence-electron chi connectivity index (χ3n) is 4.04. The zero-order valence-electron chi connectivity index (χ0n) is 13.8. The zero-order valence-corrected chi connectivity index (χ0v) is 17.0. The number of guanidine groups is 1. The normalized spacial score (nSPS) is 18.8. The highest BCUT2D eigenvalue weighted by Gasteiger charge is 2.21. The molecule has 1 aromatic carbocycles. The minimum absolute atomic E-state index is 0. The van der Waals surface area contributed by atoms with Crippen molar-refractivity contribution in [2.45, 2.75) is 31.9 Å². The summed E-state index contributed by atoms with van der Waals surface area (Å²) in [6.45, 7) is 7.61. The van der Waals surface area contributed by atoms with Crippen molar-refractivity contribution < 1.29 is 0 Å². The van der Waals surface area contributed by atoms with E-state index >= 15 is 0 Å². The van der Waals surface area contributed by atoms with Crippen LogP contribution in [-0.4, -0.2) is 48.5 Å². The lowest BCUT2D eigenvalue weighted by Crippen LogP contribution is -2.48. The van der Waals surface area contributed by atoms with Crippen LogP contribution in [0.1, 0.15) is 24.5 Å². The molecule has 1 fully saturated rings. The average molecular weight is 433 g/mol. The Morgan fingerprint density at radius 3 is 2.86 bits per heavy atom. The van der Waals surface area contributed by atoms with Gasteiger partial charge in [0.25, 0.3) is 0 Å². The van der Waals surface area contributed by atoms with E-state index in [-0.39, 0.29) is 24.0 Å². The van der Waals surface area contributed by atoms with Gasteiger partial charge >= 0.3 is 0 Å². The van der Waals surface area contributed by atoms with Crippen LogP contribution in [0.15, 0.2) is 29.3 Å². The molecule has 5 heteroatoms. The molecule has 0 saturated carbocycles. The monoisotopic (exact) mass is 433 g/mol. The maximum atomic E-state index is 4.46. The molecule has 1 aliphatic heterocycles. The van der Waals surface area contributed by atoms with E-state index in [1.807, 2.05) is 7.05 Å². The molecule has 1 saturated heterocycles. The van der Waals surface area contributed by atoms with Crippen molar-refractivity contribution in [2.24, 2.45) is 4.99 Å². The van der Waals surface area contributed by atoms with Crippen LogP contribution in [0.5, 0.6) is 0 Å². The van der Waals surface area contributed by atoms with Gasteiger partial charge in [0.1, 0.15) is 0 Å². The van der Waals surface area contributed by atoms with Gasteiger partial charge in [-0.1, -0.05) is 31.2 Å². The topological polar surface area (TPSA) is 27.6 Å². The van der Waals surface area contributed by atoms with E-state index in [0.29, 0.717) is 0 Å². The van der Waals surface area contributed by atoms with Gasteiger partial charge in [0.05, 0.1) is 0 Å². The lowest BCUT2D eigenvalue weighted by molar-refractivity contribution is 0.408. The maximum absolute atomic E-state index is 4.46. The summed E-state index contributed by atoms with van der Waals surface area (Å²) in [5.74, 6) is 2.26. The Bertz CT molecular complexity index is 479. The lowest BCUT2D eigenvalue weighted by atomic mass is 10.1. The fourth-order valence-electron chi connectivity index (χ4n) is 2.69. The average Bonchev–Trinajstić information content (AvgIpc) is 2.53. The Hall–Kier alpha value is -0.430. The molecule has 0 aliphatic carbocycles. The van der Waals surface area contributed by atoms with Gasteiger partial charge in [0, 0.05) is 37.7 Å². The number of benzene rings is 1. The van der Waals surface area contributed by atoms with Gasteiger partial charge in [-0.05, 0) is 30.9 Å². The predicted molar refractivity (Wildman–Crippen MR) is 110 cm³/mol. The first-order valence-electron chi connectivity index (χ1n) is 7.86. The largest absolute Gasteiger partial charge is 0.356 e. The number of halogens is 1. The Morgan fingerprint density at radius 2 is 2.18 bits per heavy atom. The van der Waals surface area contributed by atoms with Crippen LogP contribution in [0.2, 0.25) is 0 Å². The van der Waals surface area contributed by atoms with Gasteiger partial charge in [0.2, 0.25) is 0 Å². The summed E-state index contributed by atoms with van der Waals surface area (Å²) < 4.78 is 0. The van der Waals surface area contributed by atoms with E-state index in [4.69, 9.17) is 0 Å². The molecule has 2 rings (SSSR count). The quantitative estimate of drug-likeness (QED) is 0.447. The van der Waals surface area contributed by atoms with E-state index in [1.54, 1.807) is 0 Å². The SMILES string of the molecule is CCC1CN(C(=NC)NCCc2ccccc2C)CCS1.I. The van der Waals surface area contributed by atoms with Crippen molar-refractivity contribution in [3.05, 3.63) is 35.4 Å². The second-order valence-electron chi connectivity index (χ2n) is 5.50. The standard InChI is InChI=1S/C17H27N3S.HI/c1-4-16-13-20(11-12-21-16)17(18-3)19-10-9-15-8-6-5-7-14(15)2;/h5-8,16H,4,9-13H2,1-3H3,(H,18,19);1H. The van der Waals surface area contributed by atoms with E-state index in [0.717, 1.165) is 37.3 Å². The van der Waals surface area contributed by atoms with E-state index < -0.39 is 0 Å². The van der Waals surface area contributed by atoms with Crippen molar-refractivity contribution in [1.29, 1.82) is 0 Å². The van der Waals surface area contributed by atoms with Crippen molar-refractivity contribution in [2.75, 3.05) is 32.4 Å². The van der Waals surface area contributed by atoms with Crippen LogP contribution in [0.25, 0.3) is 0 Å². The summed E-state index contributed by atoms with van der Waals surface area (Å²) >= 11 is 2.09. The molecule has 1 unspecified atom stereocenters. The summed E-state index contributed by atoms with van der Waals surface area (Å²) in [4.78, 5) is 6.86. The number of nitrogens with zero attached hydrogens (tertiary/aromatic N) is 2. The Morgan fingerprint density at radius 1 is 1.41 bits per heavy atom. The second kappa shape index (κ2) is 10.4. The molecule has 1 aliphatic rings. The molecule has 1 N–H and O–H groups in total. The molecular weight excluding hydrogens is 405 g/mol. The lowest BCUT2D eigenvalue weighted by Gasteiger charge is -2.34. The minimum atomic E-state index is 0. The molecule has 0 spiro atoms. The summed E-state index contributed by atoms with van der Waals surface area (Å²) in [6, 6.07) is 8.61. The van der Waals surface area contributed by atoms with E-state index in [2.05, 4.69) is 65.1 Å². The van der Waals surface area contributed by atoms with Gasteiger partial charge in [-0.3, -0.25) is 4.99 Å². The maximum Gasteiger partial charge on any atom is 0.193 e. The van der Waals surface area contributed by atoms with Crippen molar-refractivity contribution in [1.82, 2.24) is 10.2 Å².